The van der Waals surface area contributed by atoms with Crippen LogP contribution in [0.2, 0.25) is 0 Å². The molecule has 0 saturated carbocycles. The molecule has 0 radical (unpaired) electrons. The Kier molecular flexibility index (Phi) is 5.21. The third-order valence-corrected chi connectivity index (χ3v) is 3.55. The number of amides is 1. The van der Waals surface area contributed by atoms with Gasteiger partial charge in [0.1, 0.15) is 0 Å². The zero-order valence-corrected chi connectivity index (χ0v) is 10.8. The maximum absolute atomic E-state index is 10.7. The van der Waals surface area contributed by atoms with Crippen molar-refractivity contribution in [3.63, 3.8) is 0 Å². The fourth-order valence-electron chi connectivity index (χ4n) is 2.50. The lowest BCUT2D eigenvalue weighted by Crippen LogP contribution is -2.49. The van der Waals surface area contributed by atoms with Crippen LogP contribution in [0.25, 0.3) is 0 Å². The van der Waals surface area contributed by atoms with Gasteiger partial charge in [-0.3, -0.25) is 4.79 Å². The van der Waals surface area contributed by atoms with E-state index in [2.05, 4.69) is 35.6 Å². The molecule has 0 spiro atoms. The van der Waals surface area contributed by atoms with E-state index >= 15 is 0 Å². The van der Waals surface area contributed by atoms with Gasteiger partial charge in [0.05, 0.1) is 0 Å². The van der Waals surface area contributed by atoms with Gasteiger partial charge in [-0.2, -0.15) is 0 Å². The minimum absolute atomic E-state index is 0.486. The Morgan fingerprint density at radius 2 is 2.11 bits per heavy atom. The number of hydrogen-bond acceptors (Lipinski definition) is 2. The Hall–Kier alpha value is -1.35. The van der Waals surface area contributed by atoms with Crippen molar-refractivity contribution in [1.82, 2.24) is 10.2 Å². The first kappa shape index (κ1) is 13.1. The van der Waals surface area contributed by atoms with E-state index in [4.69, 9.17) is 0 Å². The Bertz CT molecular complexity index is 353. The lowest BCUT2D eigenvalue weighted by Gasteiger charge is -2.31. The summed E-state index contributed by atoms with van der Waals surface area (Å²) in [5.74, 6) is 0. The van der Waals surface area contributed by atoms with Gasteiger partial charge in [-0.25, -0.2) is 0 Å². The lowest BCUT2D eigenvalue weighted by molar-refractivity contribution is -0.119. The fourth-order valence-corrected chi connectivity index (χ4v) is 2.50. The Labute approximate surface area is 109 Å². The first-order valence-electron chi connectivity index (χ1n) is 6.85. The molecule has 1 aromatic rings. The molecule has 3 heteroatoms. The van der Waals surface area contributed by atoms with Crippen LogP contribution in [0.15, 0.2) is 30.3 Å². The molecule has 0 unspecified atom stereocenters. The molecule has 18 heavy (non-hydrogen) atoms. The zero-order chi connectivity index (χ0) is 12.6. The molecule has 1 amide bonds. The van der Waals surface area contributed by atoms with Gasteiger partial charge in [-0.15, -0.1) is 0 Å². The second-order valence-electron chi connectivity index (χ2n) is 4.98. The van der Waals surface area contributed by atoms with Crippen LogP contribution >= 0.6 is 0 Å². The van der Waals surface area contributed by atoms with Crippen LogP contribution in [-0.2, 0) is 11.2 Å². The predicted octanol–water partition coefficient (Wildman–Crippen LogP) is 1.83. The highest BCUT2D eigenvalue weighted by Gasteiger charge is 2.16. The number of carbonyl (C=O) groups is 1. The Morgan fingerprint density at radius 1 is 1.28 bits per heavy atom. The average molecular weight is 246 g/mol. The summed E-state index contributed by atoms with van der Waals surface area (Å²) in [5.41, 5.74) is 1.42. The largest absolute Gasteiger partial charge is 0.342 e. The van der Waals surface area contributed by atoms with Gasteiger partial charge in [0, 0.05) is 25.7 Å². The molecule has 1 N–H and O–H groups in total. The van der Waals surface area contributed by atoms with Crippen molar-refractivity contribution in [2.24, 2.45) is 0 Å². The van der Waals surface area contributed by atoms with E-state index in [0.29, 0.717) is 6.04 Å². The van der Waals surface area contributed by atoms with Gasteiger partial charge in [0.25, 0.3) is 0 Å². The molecule has 1 saturated heterocycles. The molecule has 1 aliphatic rings. The number of carbonyl (C=O) groups excluding carboxylic acids is 1. The van der Waals surface area contributed by atoms with Gasteiger partial charge >= 0.3 is 0 Å². The molecule has 0 bridgehead atoms. The summed E-state index contributed by atoms with van der Waals surface area (Å²) >= 11 is 0. The Morgan fingerprint density at radius 3 is 2.89 bits per heavy atom. The van der Waals surface area contributed by atoms with E-state index in [0.717, 1.165) is 38.9 Å². The summed E-state index contributed by atoms with van der Waals surface area (Å²) in [7, 11) is 0. The van der Waals surface area contributed by atoms with E-state index in [-0.39, 0.29) is 0 Å². The van der Waals surface area contributed by atoms with Crippen molar-refractivity contribution in [3.8, 4) is 0 Å². The molecule has 0 aliphatic carbocycles. The van der Waals surface area contributed by atoms with Gasteiger partial charge < -0.3 is 10.2 Å². The van der Waals surface area contributed by atoms with E-state index in [1.807, 2.05) is 4.90 Å². The number of aryl methyl sites for hydroxylation is 1. The van der Waals surface area contributed by atoms with Crippen LogP contribution < -0.4 is 5.32 Å². The standard InChI is InChI=1S/C15H22N2O/c18-13-17-11-10-16-15(12-17)9-5-4-8-14-6-2-1-3-7-14/h1-3,6-7,13,15-16H,4-5,8-12H2/t15-/m1/s1. The summed E-state index contributed by atoms with van der Waals surface area (Å²) < 4.78 is 0. The van der Waals surface area contributed by atoms with Gasteiger partial charge in [-0.05, 0) is 24.8 Å². The number of nitrogens with zero attached hydrogens (tertiary/aromatic N) is 1. The topological polar surface area (TPSA) is 32.3 Å². The van der Waals surface area contributed by atoms with E-state index in [1.54, 1.807) is 0 Å². The first-order chi connectivity index (χ1) is 8.88. The van der Waals surface area contributed by atoms with E-state index in [1.165, 1.54) is 18.4 Å². The highest BCUT2D eigenvalue weighted by Crippen LogP contribution is 2.09. The number of unbranched alkanes of at least 4 members (excludes halogenated alkanes) is 1. The first-order valence-corrected chi connectivity index (χ1v) is 6.85. The number of piperazine rings is 1. The minimum Gasteiger partial charge on any atom is -0.342 e. The average Bonchev–Trinajstić information content (AvgIpc) is 2.45. The molecular weight excluding hydrogens is 224 g/mol. The van der Waals surface area contributed by atoms with Crippen molar-refractivity contribution in [1.29, 1.82) is 0 Å². The van der Waals surface area contributed by atoms with Crippen molar-refractivity contribution < 1.29 is 4.79 Å². The SMILES string of the molecule is O=CN1CCN[C@H](CCCCc2ccccc2)C1. The van der Waals surface area contributed by atoms with Crippen LogP contribution in [0.3, 0.4) is 0 Å². The van der Waals surface area contributed by atoms with Crippen LogP contribution in [0.4, 0.5) is 0 Å². The van der Waals surface area contributed by atoms with Crippen molar-refractivity contribution in [2.75, 3.05) is 19.6 Å². The smallest absolute Gasteiger partial charge is 0.209 e. The normalized spacial score (nSPS) is 19.8. The van der Waals surface area contributed by atoms with Crippen molar-refractivity contribution in [3.05, 3.63) is 35.9 Å². The second-order valence-corrected chi connectivity index (χ2v) is 4.98. The quantitative estimate of drug-likeness (QED) is 0.613. The minimum atomic E-state index is 0.486. The van der Waals surface area contributed by atoms with E-state index < -0.39 is 0 Å². The van der Waals surface area contributed by atoms with Crippen LogP contribution in [0.1, 0.15) is 24.8 Å². The molecule has 2 rings (SSSR count). The highest BCUT2D eigenvalue weighted by atomic mass is 16.1. The van der Waals surface area contributed by atoms with Gasteiger partial charge in [-0.1, -0.05) is 36.8 Å². The zero-order valence-electron chi connectivity index (χ0n) is 10.8. The molecule has 1 fully saturated rings. The van der Waals surface area contributed by atoms with Crippen molar-refractivity contribution >= 4 is 6.41 Å². The van der Waals surface area contributed by atoms with Crippen LogP contribution in [0, 0.1) is 0 Å². The van der Waals surface area contributed by atoms with Gasteiger partial charge in [0.15, 0.2) is 0 Å². The fraction of sp³-hybridized carbons (Fsp3) is 0.533. The third-order valence-electron chi connectivity index (χ3n) is 3.55. The summed E-state index contributed by atoms with van der Waals surface area (Å²) in [6, 6.07) is 11.1. The lowest BCUT2D eigenvalue weighted by atomic mass is 10.0. The van der Waals surface area contributed by atoms with Crippen LogP contribution in [-0.4, -0.2) is 37.0 Å². The van der Waals surface area contributed by atoms with Gasteiger partial charge in [0.2, 0.25) is 6.41 Å². The third kappa shape index (κ3) is 4.15. The molecule has 98 valence electrons. The molecule has 1 aromatic carbocycles. The molecule has 1 heterocycles. The molecular formula is C15H22N2O. The molecule has 3 nitrogen and oxygen atoms in total. The summed E-state index contributed by atoms with van der Waals surface area (Å²) in [6.45, 7) is 2.65. The maximum atomic E-state index is 10.7. The second kappa shape index (κ2) is 7.17. The summed E-state index contributed by atoms with van der Waals surface area (Å²) in [4.78, 5) is 12.6. The number of rotatable bonds is 6. The van der Waals surface area contributed by atoms with Crippen molar-refractivity contribution in [2.45, 2.75) is 31.7 Å². The number of benzene rings is 1. The maximum Gasteiger partial charge on any atom is 0.209 e. The Balaban J connectivity index is 1.62. The summed E-state index contributed by atoms with van der Waals surface area (Å²) in [6.07, 6.45) is 5.74. The highest BCUT2D eigenvalue weighted by molar-refractivity contribution is 5.47. The number of nitrogens with one attached hydrogen (secondary N) is 1. The molecule has 1 atom stereocenters. The predicted molar refractivity (Wildman–Crippen MR) is 73.4 cm³/mol. The summed E-state index contributed by atoms with van der Waals surface area (Å²) in [5, 5.41) is 3.48. The molecule has 1 aliphatic heterocycles. The molecule has 0 aromatic heterocycles. The monoisotopic (exact) mass is 246 g/mol. The van der Waals surface area contributed by atoms with E-state index in [9.17, 15) is 4.79 Å². The number of hydrogen-bond donors (Lipinski definition) is 1. The van der Waals surface area contributed by atoms with Crippen LogP contribution in [0.5, 0.6) is 0 Å².